The maximum absolute atomic E-state index is 14.8. The number of likely N-dealkylation sites (tertiary alicyclic amines) is 1. The van der Waals surface area contributed by atoms with Crippen LogP contribution in [0.4, 0.5) is 10.1 Å². The highest BCUT2D eigenvalue weighted by atomic mass is 19.1. The molecule has 0 aromatic heterocycles. The van der Waals surface area contributed by atoms with E-state index in [-0.39, 0.29) is 35.6 Å². The van der Waals surface area contributed by atoms with Crippen molar-refractivity contribution in [1.82, 2.24) is 15.1 Å². The normalized spacial score (nSPS) is 31.2. The number of aliphatic hydroxyl groups is 1. The fourth-order valence-electron chi connectivity index (χ4n) is 7.23. The second-order valence-corrected chi connectivity index (χ2v) is 11.4. The predicted octanol–water partition coefficient (Wildman–Crippen LogP) is 3.15. The molecule has 1 aromatic carbocycles. The zero-order valence-electron chi connectivity index (χ0n) is 22.1. The lowest BCUT2D eigenvalue weighted by Crippen LogP contribution is -2.59. The van der Waals surface area contributed by atoms with Crippen molar-refractivity contribution in [3.05, 3.63) is 41.2 Å². The molecule has 2 heterocycles. The van der Waals surface area contributed by atoms with E-state index in [1.54, 1.807) is 11.0 Å². The van der Waals surface area contributed by atoms with Gasteiger partial charge < -0.3 is 20.6 Å². The monoisotopic (exact) mass is 512 g/mol. The lowest BCUT2D eigenvalue weighted by atomic mass is 9.79. The Hall–Kier alpha value is -2.45. The summed E-state index contributed by atoms with van der Waals surface area (Å²) in [7, 11) is 0. The van der Waals surface area contributed by atoms with Crippen molar-refractivity contribution in [1.29, 1.82) is 0 Å². The molecule has 7 nitrogen and oxygen atoms in total. The second-order valence-electron chi connectivity index (χ2n) is 11.4. The van der Waals surface area contributed by atoms with Crippen LogP contribution in [0.5, 0.6) is 0 Å². The molecule has 8 heteroatoms. The summed E-state index contributed by atoms with van der Waals surface area (Å²) in [6.45, 7) is 5.83. The quantitative estimate of drug-likeness (QED) is 0.489. The smallest absolute Gasteiger partial charge is 0.248 e. The van der Waals surface area contributed by atoms with Crippen molar-refractivity contribution in [2.45, 2.75) is 88.9 Å². The van der Waals surface area contributed by atoms with Gasteiger partial charge in [0.1, 0.15) is 18.0 Å². The zero-order valence-corrected chi connectivity index (χ0v) is 22.1. The van der Waals surface area contributed by atoms with Crippen LogP contribution >= 0.6 is 0 Å². The highest BCUT2D eigenvalue weighted by Crippen LogP contribution is 2.44. The molecule has 2 fully saturated rings. The lowest BCUT2D eigenvalue weighted by molar-refractivity contribution is -0.136. The fraction of sp³-hybridized carbons (Fsp3) is 0.655. The number of halogens is 1. The van der Waals surface area contributed by atoms with Gasteiger partial charge in [0, 0.05) is 61.3 Å². The summed E-state index contributed by atoms with van der Waals surface area (Å²) in [5, 5.41) is 16.3. The van der Waals surface area contributed by atoms with Crippen LogP contribution in [-0.2, 0) is 16.0 Å². The van der Waals surface area contributed by atoms with Gasteiger partial charge in [0.05, 0.1) is 0 Å². The Kier molecular flexibility index (Phi) is 7.59. The molecule has 0 bridgehead atoms. The summed E-state index contributed by atoms with van der Waals surface area (Å²) >= 11 is 0. The van der Waals surface area contributed by atoms with E-state index in [0.29, 0.717) is 24.6 Å². The molecule has 202 valence electrons. The number of carbonyl (C=O) groups is 2. The van der Waals surface area contributed by atoms with Gasteiger partial charge in [-0.3, -0.25) is 14.5 Å². The van der Waals surface area contributed by atoms with Gasteiger partial charge in [0.2, 0.25) is 11.8 Å². The number of aliphatic hydroxyl groups excluding tert-OH is 1. The highest BCUT2D eigenvalue weighted by Gasteiger charge is 2.51. The van der Waals surface area contributed by atoms with Gasteiger partial charge >= 0.3 is 0 Å². The molecule has 2 unspecified atom stereocenters. The number of hydrogen-bond donors (Lipinski definition) is 3. The van der Waals surface area contributed by atoms with Crippen molar-refractivity contribution < 1.29 is 19.1 Å². The average molecular weight is 513 g/mol. The molecule has 2 aliphatic heterocycles. The summed E-state index contributed by atoms with van der Waals surface area (Å²) in [5.74, 6) is -0.436. The van der Waals surface area contributed by atoms with Gasteiger partial charge in [-0.1, -0.05) is 18.2 Å². The number of benzene rings is 1. The maximum Gasteiger partial charge on any atom is 0.248 e. The van der Waals surface area contributed by atoms with Crippen molar-refractivity contribution in [2.24, 2.45) is 5.92 Å². The molecule has 3 N–H and O–H groups in total. The molecule has 5 rings (SSSR count). The number of likely N-dealkylation sites (N-methyl/N-ethyl adjacent to an activating group) is 1. The Balaban J connectivity index is 1.27. The Bertz CT molecular complexity index is 1030. The molecule has 5 atom stereocenters. The van der Waals surface area contributed by atoms with E-state index in [1.165, 1.54) is 6.07 Å². The van der Waals surface area contributed by atoms with E-state index in [4.69, 9.17) is 0 Å². The molecule has 1 saturated heterocycles. The van der Waals surface area contributed by atoms with Gasteiger partial charge in [-0.25, -0.2) is 4.39 Å². The highest BCUT2D eigenvalue weighted by molar-refractivity contribution is 5.93. The minimum absolute atomic E-state index is 0.0188. The summed E-state index contributed by atoms with van der Waals surface area (Å²) in [6.07, 6.45) is 11.3. The van der Waals surface area contributed by atoms with Crippen LogP contribution in [0.15, 0.2) is 24.3 Å². The van der Waals surface area contributed by atoms with Crippen LogP contribution in [0.2, 0.25) is 0 Å². The largest absolute Gasteiger partial charge is 0.387 e. The van der Waals surface area contributed by atoms with E-state index in [0.717, 1.165) is 69.3 Å². The first kappa shape index (κ1) is 26.2. The molecule has 1 aromatic rings. The minimum atomic E-state index is -0.861. The number of allylic oxidation sites excluding steroid dienone is 1. The van der Waals surface area contributed by atoms with E-state index in [1.807, 2.05) is 13.8 Å². The van der Waals surface area contributed by atoms with E-state index < -0.39 is 12.1 Å². The number of nitrogens with one attached hydrogen (secondary N) is 2. The van der Waals surface area contributed by atoms with Gasteiger partial charge in [-0.15, -0.1) is 0 Å². The minimum Gasteiger partial charge on any atom is -0.387 e. The molecular formula is C29H41FN4O3. The number of hydrogen-bond acceptors (Lipinski definition) is 5. The first-order valence-electron chi connectivity index (χ1n) is 14.0. The number of nitrogens with zero attached hydrogens (tertiary/aromatic N) is 2. The third-order valence-corrected chi connectivity index (χ3v) is 9.25. The first-order valence-corrected chi connectivity index (χ1v) is 14.0. The lowest BCUT2D eigenvalue weighted by Gasteiger charge is -2.39. The van der Waals surface area contributed by atoms with E-state index in [9.17, 15) is 19.1 Å². The number of anilines is 1. The zero-order chi connectivity index (χ0) is 26.2. The van der Waals surface area contributed by atoms with Crippen molar-refractivity contribution >= 4 is 17.5 Å². The molecule has 37 heavy (non-hydrogen) atoms. The van der Waals surface area contributed by atoms with Crippen LogP contribution in [-0.4, -0.2) is 76.6 Å². The topological polar surface area (TPSA) is 84.9 Å². The number of aryl methyl sites for hydroxylation is 1. The molecule has 1 saturated carbocycles. The van der Waals surface area contributed by atoms with Crippen molar-refractivity contribution in [3.8, 4) is 0 Å². The van der Waals surface area contributed by atoms with Crippen molar-refractivity contribution in [2.75, 3.05) is 31.6 Å². The molecular weight excluding hydrogens is 471 g/mol. The Morgan fingerprint density at radius 2 is 2.11 bits per heavy atom. The van der Waals surface area contributed by atoms with Crippen LogP contribution < -0.4 is 10.6 Å². The summed E-state index contributed by atoms with van der Waals surface area (Å²) in [5.41, 5.74) is 1.51. The molecule has 2 aliphatic carbocycles. The third-order valence-electron chi connectivity index (χ3n) is 9.25. The molecule has 2 amide bonds. The van der Waals surface area contributed by atoms with E-state index in [2.05, 4.69) is 27.7 Å². The van der Waals surface area contributed by atoms with E-state index >= 15 is 0 Å². The van der Waals surface area contributed by atoms with Gasteiger partial charge in [0.15, 0.2) is 0 Å². The Morgan fingerprint density at radius 1 is 1.27 bits per heavy atom. The van der Waals surface area contributed by atoms with Gasteiger partial charge in [-0.2, -0.15) is 0 Å². The molecule has 0 spiro atoms. The summed E-state index contributed by atoms with van der Waals surface area (Å²) < 4.78 is 14.8. The number of carbonyl (C=O) groups excluding carboxylic acids is 2. The SMILES string of the molecule is CCN(C(=O)CO)[C@H]1CCN([C@H]2CCC[C@@H](NC(=O)C3(C4C=CCC4)Cc4c(F)ccc(C)c4N3)C2)C1. The standard InChI is InChI=1S/C29H41FN4O3/c1-3-34(26(36)18-35)23-13-14-33(17-23)22-10-6-9-21(15-22)31-28(37)29(20-7-4-5-8-20)16-24-25(30)12-11-19(2)27(24)32-29/h4,7,11-12,20-23,32,35H,3,5-6,8-10,13-18H2,1-2H3,(H,31,37)/t20?,21-,22+,23+,29?/m1/s1. The van der Waals surface area contributed by atoms with Gasteiger partial charge in [-0.05, 0) is 70.4 Å². The van der Waals surface area contributed by atoms with Crippen molar-refractivity contribution in [3.63, 3.8) is 0 Å². The second kappa shape index (κ2) is 10.7. The summed E-state index contributed by atoms with van der Waals surface area (Å²) in [6, 6.07) is 3.86. The number of amides is 2. The average Bonchev–Trinajstić information content (AvgIpc) is 3.67. The van der Waals surface area contributed by atoms with Crippen LogP contribution in [0, 0.1) is 18.7 Å². The van der Waals surface area contributed by atoms with Crippen LogP contribution in [0.3, 0.4) is 0 Å². The summed E-state index contributed by atoms with van der Waals surface area (Å²) in [4.78, 5) is 30.4. The van der Waals surface area contributed by atoms with Gasteiger partial charge in [0.25, 0.3) is 0 Å². The number of fused-ring (bicyclic) bond motifs is 1. The first-order chi connectivity index (χ1) is 17.9. The Labute approximate surface area is 219 Å². The van der Waals surface area contributed by atoms with Crippen LogP contribution in [0.1, 0.15) is 63.0 Å². The van der Waals surface area contributed by atoms with Crippen LogP contribution in [0.25, 0.3) is 0 Å². The Morgan fingerprint density at radius 3 is 2.81 bits per heavy atom. The predicted molar refractivity (Wildman–Crippen MR) is 142 cm³/mol. The third kappa shape index (κ3) is 4.90. The maximum atomic E-state index is 14.8. The molecule has 4 aliphatic rings. The number of rotatable bonds is 7. The molecule has 0 radical (unpaired) electrons. The fourth-order valence-corrected chi connectivity index (χ4v) is 7.23.